The first kappa shape index (κ1) is 15.6. The molecule has 0 bridgehead atoms. The molecule has 0 amide bonds. The van der Waals surface area contributed by atoms with Gasteiger partial charge in [0.2, 0.25) is 0 Å². The van der Waals surface area contributed by atoms with Crippen LogP contribution < -0.4 is 9.47 Å². The number of carbonyl (C=O) groups excluding carboxylic acids is 1. The van der Waals surface area contributed by atoms with Gasteiger partial charge in [0.05, 0.1) is 12.7 Å². The van der Waals surface area contributed by atoms with E-state index in [1.165, 1.54) is 12.5 Å². The fraction of sp³-hybridized carbons (Fsp3) is 0.235. The molecule has 0 aliphatic carbocycles. The Bertz CT molecular complexity index is 665. The summed E-state index contributed by atoms with van der Waals surface area (Å²) in [7, 11) is 1.61. The van der Waals surface area contributed by atoms with Crippen molar-refractivity contribution in [2.45, 2.75) is 20.3 Å². The van der Waals surface area contributed by atoms with Gasteiger partial charge in [0.25, 0.3) is 0 Å². The number of Topliss-reactive ketones (excluding diaryl/α,β-unsaturated/α-hetero) is 1. The van der Waals surface area contributed by atoms with Crippen molar-refractivity contribution in [1.29, 1.82) is 0 Å². The van der Waals surface area contributed by atoms with Crippen LogP contribution in [0.4, 0.5) is 0 Å². The maximum absolute atomic E-state index is 11.7. The van der Waals surface area contributed by atoms with Crippen molar-refractivity contribution in [2.24, 2.45) is 0 Å². The molecule has 2 rings (SSSR count). The van der Waals surface area contributed by atoms with Gasteiger partial charge in [-0.15, -0.1) is 0 Å². The van der Waals surface area contributed by atoms with E-state index in [1.54, 1.807) is 19.2 Å². The Kier molecular flexibility index (Phi) is 5.02. The minimum absolute atomic E-state index is 0.0459. The van der Waals surface area contributed by atoms with Crippen molar-refractivity contribution in [3.05, 3.63) is 52.0 Å². The average molecular weight is 349 g/mol. The van der Waals surface area contributed by atoms with Crippen molar-refractivity contribution >= 4 is 21.7 Å². The van der Waals surface area contributed by atoms with Crippen LogP contribution in [0.2, 0.25) is 0 Å². The van der Waals surface area contributed by atoms with E-state index >= 15 is 0 Å². The van der Waals surface area contributed by atoms with E-state index in [1.807, 2.05) is 24.3 Å². The number of rotatable bonds is 5. The third kappa shape index (κ3) is 3.64. The Morgan fingerprint density at radius 2 is 1.81 bits per heavy atom. The van der Waals surface area contributed by atoms with Crippen LogP contribution in [-0.2, 0) is 6.42 Å². The second kappa shape index (κ2) is 6.76. The van der Waals surface area contributed by atoms with Crippen molar-refractivity contribution in [3.63, 3.8) is 0 Å². The number of halogens is 1. The van der Waals surface area contributed by atoms with Gasteiger partial charge in [-0.1, -0.05) is 28.9 Å². The average Bonchev–Trinajstić information content (AvgIpc) is 2.49. The van der Waals surface area contributed by atoms with Gasteiger partial charge in [0.1, 0.15) is 5.75 Å². The van der Waals surface area contributed by atoms with E-state index in [2.05, 4.69) is 22.9 Å². The lowest BCUT2D eigenvalue weighted by Gasteiger charge is -2.13. The van der Waals surface area contributed by atoms with Crippen molar-refractivity contribution in [2.75, 3.05) is 7.11 Å². The number of ether oxygens (including phenoxy) is 2. The quantitative estimate of drug-likeness (QED) is 0.712. The molecule has 0 fully saturated rings. The Labute approximate surface area is 133 Å². The van der Waals surface area contributed by atoms with Crippen molar-refractivity contribution in [1.82, 2.24) is 0 Å². The van der Waals surface area contributed by atoms with Crippen LogP contribution >= 0.6 is 15.9 Å². The summed E-state index contributed by atoms with van der Waals surface area (Å²) in [4.78, 5) is 11.7. The van der Waals surface area contributed by atoms with E-state index in [0.717, 1.165) is 10.9 Å². The predicted molar refractivity (Wildman–Crippen MR) is 86.6 cm³/mol. The first-order chi connectivity index (χ1) is 10.0. The van der Waals surface area contributed by atoms with E-state index < -0.39 is 0 Å². The van der Waals surface area contributed by atoms with Gasteiger partial charge in [0.15, 0.2) is 17.3 Å². The van der Waals surface area contributed by atoms with Gasteiger partial charge in [-0.3, -0.25) is 4.79 Å². The molecule has 2 aromatic rings. The van der Waals surface area contributed by atoms with E-state index in [4.69, 9.17) is 9.47 Å². The number of hydrogen-bond donors (Lipinski definition) is 0. The van der Waals surface area contributed by atoms with Crippen LogP contribution in [-0.4, -0.2) is 12.9 Å². The number of hydrogen-bond acceptors (Lipinski definition) is 3. The van der Waals surface area contributed by atoms with Crippen molar-refractivity contribution in [3.8, 4) is 17.2 Å². The van der Waals surface area contributed by atoms with Gasteiger partial charge in [-0.05, 0) is 49.2 Å². The summed E-state index contributed by atoms with van der Waals surface area (Å²) in [5.74, 6) is 1.73. The van der Waals surface area contributed by atoms with Crippen LogP contribution in [0.1, 0.15) is 29.8 Å². The smallest absolute Gasteiger partial charge is 0.169 e. The highest BCUT2D eigenvalue weighted by atomic mass is 79.9. The molecule has 0 aliphatic rings. The fourth-order valence-corrected chi connectivity index (χ4v) is 2.36. The largest absolute Gasteiger partial charge is 0.493 e. The maximum atomic E-state index is 11.7. The standard InChI is InChI=1S/C17H17BrO3/c1-4-12-5-7-16(17(9-12)20-3)21-15-8-6-13(18)10-14(15)11(2)19/h5-10H,4H2,1-3H3. The first-order valence-corrected chi connectivity index (χ1v) is 7.49. The number of ketones is 1. The number of aryl methyl sites for hydroxylation is 1. The Hall–Kier alpha value is -1.81. The summed E-state index contributed by atoms with van der Waals surface area (Å²) < 4.78 is 12.1. The Balaban J connectivity index is 2.40. The van der Waals surface area contributed by atoms with Crippen LogP contribution in [0.5, 0.6) is 17.2 Å². The number of benzene rings is 2. The molecule has 21 heavy (non-hydrogen) atoms. The molecular weight excluding hydrogens is 332 g/mol. The zero-order valence-corrected chi connectivity index (χ0v) is 13.9. The topological polar surface area (TPSA) is 35.5 Å². The Morgan fingerprint density at radius 3 is 2.43 bits per heavy atom. The van der Waals surface area contributed by atoms with Gasteiger partial charge in [-0.25, -0.2) is 0 Å². The number of carbonyl (C=O) groups is 1. The molecule has 0 N–H and O–H groups in total. The lowest BCUT2D eigenvalue weighted by Crippen LogP contribution is -1.98. The molecule has 0 spiro atoms. The predicted octanol–water partition coefficient (Wildman–Crippen LogP) is 5.02. The molecule has 0 saturated carbocycles. The fourth-order valence-electron chi connectivity index (χ4n) is 2.00. The summed E-state index contributed by atoms with van der Waals surface area (Å²) in [5.41, 5.74) is 1.70. The first-order valence-electron chi connectivity index (χ1n) is 6.70. The third-order valence-corrected chi connectivity index (χ3v) is 3.67. The molecule has 0 heterocycles. The van der Waals surface area contributed by atoms with Gasteiger partial charge < -0.3 is 9.47 Å². The minimum atomic E-state index is -0.0459. The molecule has 0 saturated heterocycles. The summed E-state index contributed by atoms with van der Waals surface area (Å²) in [6.07, 6.45) is 0.924. The van der Waals surface area contributed by atoms with Gasteiger partial charge >= 0.3 is 0 Å². The van der Waals surface area contributed by atoms with Gasteiger partial charge in [0, 0.05) is 4.47 Å². The summed E-state index contributed by atoms with van der Waals surface area (Å²) >= 11 is 3.36. The highest BCUT2D eigenvalue weighted by Gasteiger charge is 2.13. The monoisotopic (exact) mass is 348 g/mol. The normalized spacial score (nSPS) is 10.3. The maximum Gasteiger partial charge on any atom is 0.169 e. The SMILES string of the molecule is CCc1ccc(Oc2ccc(Br)cc2C(C)=O)c(OC)c1. The molecule has 0 aromatic heterocycles. The molecule has 0 radical (unpaired) electrons. The second-order valence-electron chi connectivity index (χ2n) is 4.64. The summed E-state index contributed by atoms with van der Waals surface area (Å²) in [5, 5.41) is 0. The summed E-state index contributed by atoms with van der Waals surface area (Å²) in [6, 6.07) is 11.2. The minimum Gasteiger partial charge on any atom is -0.493 e. The highest BCUT2D eigenvalue weighted by molar-refractivity contribution is 9.10. The Morgan fingerprint density at radius 1 is 1.10 bits per heavy atom. The zero-order chi connectivity index (χ0) is 15.4. The zero-order valence-electron chi connectivity index (χ0n) is 12.3. The van der Waals surface area contributed by atoms with E-state index in [0.29, 0.717) is 22.8 Å². The van der Waals surface area contributed by atoms with Gasteiger partial charge in [-0.2, -0.15) is 0 Å². The van der Waals surface area contributed by atoms with Crippen molar-refractivity contribution < 1.29 is 14.3 Å². The molecule has 0 atom stereocenters. The second-order valence-corrected chi connectivity index (χ2v) is 5.55. The molecule has 0 aliphatic heterocycles. The molecule has 4 heteroatoms. The molecule has 110 valence electrons. The number of methoxy groups -OCH3 is 1. The van der Waals surface area contributed by atoms with E-state index in [9.17, 15) is 4.79 Å². The highest BCUT2D eigenvalue weighted by Crippen LogP contribution is 2.35. The van der Waals surface area contributed by atoms with E-state index in [-0.39, 0.29) is 5.78 Å². The third-order valence-electron chi connectivity index (χ3n) is 3.18. The van der Waals surface area contributed by atoms with Crippen LogP contribution in [0, 0.1) is 0 Å². The lowest BCUT2D eigenvalue weighted by atomic mass is 10.1. The lowest BCUT2D eigenvalue weighted by molar-refractivity contribution is 0.101. The van der Waals surface area contributed by atoms with Crippen LogP contribution in [0.15, 0.2) is 40.9 Å². The molecule has 0 unspecified atom stereocenters. The molecule has 3 nitrogen and oxygen atoms in total. The van der Waals surface area contributed by atoms with Crippen LogP contribution in [0.3, 0.4) is 0 Å². The summed E-state index contributed by atoms with van der Waals surface area (Å²) in [6.45, 7) is 3.60. The van der Waals surface area contributed by atoms with Crippen LogP contribution in [0.25, 0.3) is 0 Å². The molecular formula is C17H17BrO3. The molecule has 2 aromatic carbocycles.